The Labute approximate surface area is 191 Å². The van der Waals surface area contributed by atoms with Gasteiger partial charge in [-0.15, -0.1) is 10.2 Å². The van der Waals surface area contributed by atoms with Crippen molar-refractivity contribution in [3.63, 3.8) is 0 Å². The zero-order chi connectivity index (χ0) is 23.1. The summed E-state index contributed by atoms with van der Waals surface area (Å²) >= 11 is 0. The highest BCUT2D eigenvalue weighted by atomic mass is 19.1. The van der Waals surface area contributed by atoms with Crippen LogP contribution in [0.25, 0.3) is 28.0 Å². The molecule has 0 spiro atoms. The number of halogens is 1. The van der Waals surface area contributed by atoms with Crippen molar-refractivity contribution in [3.8, 4) is 17.1 Å². The van der Waals surface area contributed by atoms with Gasteiger partial charge in [0.1, 0.15) is 11.6 Å². The molecular weight excluding hydrogens is 415 g/mol. The molecule has 5 aromatic rings. The number of anilines is 2. The zero-order valence-corrected chi connectivity index (χ0v) is 18.9. The highest BCUT2D eigenvalue weighted by Crippen LogP contribution is 2.27. The molecule has 3 aromatic heterocycles. The van der Waals surface area contributed by atoms with E-state index in [0.29, 0.717) is 11.5 Å². The summed E-state index contributed by atoms with van der Waals surface area (Å²) in [5.74, 6) is 1.77. The van der Waals surface area contributed by atoms with Crippen molar-refractivity contribution in [2.75, 3.05) is 5.32 Å². The lowest BCUT2D eigenvalue weighted by atomic mass is 10.0. The van der Waals surface area contributed by atoms with Crippen LogP contribution in [-0.4, -0.2) is 25.0 Å². The molecule has 0 amide bonds. The Morgan fingerprint density at radius 2 is 1.61 bits per heavy atom. The fourth-order valence-electron chi connectivity index (χ4n) is 4.00. The van der Waals surface area contributed by atoms with Crippen LogP contribution in [-0.2, 0) is 0 Å². The Morgan fingerprint density at radius 1 is 0.818 bits per heavy atom. The summed E-state index contributed by atoms with van der Waals surface area (Å²) in [4.78, 5) is 4.92. The summed E-state index contributed by atoms with van der Waals surface area (Å²) in [6, 6.07) is 18.2. The standard InChI is InChI=1S/C26H23FN6/c1-15-11-17(3)26-21(12-15)16(2)13-24(29-26)33-25(14-18(4)32-33)28-23-10-9-22(30-31-23)19-5-7-20(27)8-6-19/h5-14H,1-4H3,(H,28,31). The predicted molar refractivity (Wildman–Crippen MR) is 129 cm³/mol. The van der Waals surface area contributed by atoms with Crippen molar-refractivity contribution in [2.45, 2.75) is 27.7 Å². The smallest absolute Gasteiger partial charge is 0.156 e. The van der Waals surface area contributed by atoms with Gasteiger partial charge in [-0.1, -0.05) is 11.6 Å². The molecule has 0 aliphatic heterocycles. The maximum absolute atomic E-state index is 13.2. The van der Waals surface area contributed by atoms with E-state index in [1.54, 1.807) is 16.8 Å². The van der Waals surface area contributed by atoms with Crippen molar-refractivity contribution in [3.05, 3.63) is 88.9 Å². The first-order valence-electron chi connectivity index (χ1n) is 10.7. The van der Waals surface area contributed by atoms with E-state index in [9.17, 15) is 4.39 Å². The molecule has 2 aromatic carbocycles. The number of nitrogens with zero attached hydrogens (tertiary/aromatic N) is 5. The van der Waals surface area contributed by atoms with Crippen LogP contribution in [0.5, 0.6) is 0 Å². The number of hydrogen-bond donors (Lipinski definition) is 1. The van der Waals surface area contributed by atoms with Crippen molar-refractivity contribution < 1.29 is 4.39 Å². The Balaban J connectivity index is 1.49. The van der Waals surface area contributed by atoms with Crippen LogP contribution < -0.4 is 5.32 Å². The van der Waals surface area contributed by atoms with Crippen LogP contribution in [0.1, 0.15) is 22.4 Å². The minimum absolute atomic E-state index is 0.281. The molecule has 33 heavy (non-hydrogen) atoms. The van der Waals surface area contributed by atoms with Gasteiger partial charge < -0.3 is 5.32 Å². The first-order valence-corrected chi connectivity index (χ1v) is 10.7. The molecule has 0 aliphatic rings. The number of aryl methyl sites for hydroxylation is 4. The van der Waals surface area contributed by atoms with Crippen molar-refractivity contribution in [1.29, 1.82) is 0 Å². The van der Waals surface area contributed by atoms with E-state index in [2.05, 4.69) is 53.5 Å². The van der Waals surface area contributed by atoms with E-state index in [0.717, 1.165) is 44.9 Å². The molecular formula is C26H23FN6. The highest BCUT2D eigenvalue weighted by Gasteiger charge is 2.13. The predicted octanol–water partition coefficient (Wildman–Crippen LogP) is 5.99. The Hall–Kier alpha value is -4.13. The lowest BCUT2D eigenvalue weighted by Gasteiger charge is -2.12. The fraction of sp³-hybridized carbons (Fsp3) is 0.154. The molecule has 164 valence electrons. The summed E-state index contributed by atoms with van der Waals surface area (Å²) in [7, 11) is 0. The third-order valence-electron chi connectivity index (χ3n) is 5.55. The summed E-state index contributed by atoms with van der Waals surface area (Å²) in [5, 5.41) is 17.7. The van der Waals surface area contributed by atoms with Gasteiger partial charge in [0.2, 0.25) is 0 Å². The maximum Gasteiger partial charge on any atom is 0.156 e. The van der Waals surface area contributed by atoms with Crippen LogP contribution in [0.4, 0.5) is 16.0 Å². The molecule has 7 heteroatoms. The number of pyridine rings is 1. The van der Waals surface area contributed by atoms with Gasteiger partial charge in [-0.3, -0.25) is 0 Å². The van der Waals surface area contributed by atoms with Crippen molar-refractivity contribution in [1.82, 2.24) is 25.0 Å². The summed E-state index contributed by atoms with van der Waals surface area (Å²) < 4.78 is 15.0. The zero-order valence-electron chi connectivity index (χ0n) is 18.9. The molecule has 1 N–H and O–H groups in total. The quantitative estimate of drug-likeness (QED) is 0.373. The van der Waals surface area contributed by atoms with E-state index in [1.807, 2.05) is 31.2 Å². The average Bonchev–Trinajstić information content (AvgIpc) is 3.15. The second-order valence-corrected chi connectivity index (χ2v) is 8.29. The van der Waals surface area contributed by atoms with E-state index < -0.39 is 0 Å². The maximum atomic E-state index is 13.2. The number of nitrogens with one attached hydrogen (secondary N) is 1. The molecule has 0 radical (unpaired) electrons. The van der Waals surface area contributed by atoms with Crippen molar-refractivity contribution >= 4 is 22.5 Å². The summed E-state index contributed by atoms with van der Waals surface area (Å²) in [6.45, 7) is 8.21. The number of fused-ring (bicyclic) bond motifs is 1. The minimum Gasteiger partial charge on any atom is -0.323 e. The molecule has 0 fully saturated rings. The normalized spacial score (nSPS) is 11.2. The lowest BCUT2D eigenvalue weighted by molar-refractivity contribution is 0.628. The van der Waals surface area contributed by atoms with Gasteiger partial charge in [-0.25, -0.2) is 9.37 Å². The molecule has 5 rings (SSSR count). The Kier molecular flexibility index (Phi) is 5.09. The first kappa shape index (κ1) is 20.8. The second-order valence-electron chi connectivity index (χ2n) is 8.29. The number of benzene rings is 2. The second kappa shape index (κ2) is 8.09. The van der Waals surface area contributed by atoms with Crippen LogP contribution in [0, 0.1) is 33.5 Å². The number of hydrogen-bond acceptors (Lipinski definition) is 5. The van der Waals surface area contributed by atoms with Gasteiger partial charge in [0.25, 0.3) is 0 Å². The molecule has 6 nitrogen and oxygen atoms in total. The highest BCUT2D eigenvalue weighted by molar-refractivity contribution is 5.86. The fourth-order valence-corrected chi connectivity index (χ4v) is 4.00. The molecule has 0 saturated heterocycles. The monoisotopic (exact) mass is 438 g/mol. The molecule has 0 saturated carbocycles. The molecule has 0 aliphatic carbocycles. The van der Waals surface area contributed by atoms with Gasteiger partial charge in [0.05, 0.1) is 16.9 Å². The van der Waals surface area contributed by atoms with Crippen molar-refractivity contribution in [2.24, 2.45) is 0 Å². The van der Waals surface area contributed by atoms with Gasteiger partial charge in [-0.05, 0) is 87.4 Å². The van der Waals surface area contributed by atoms with Gasteiger partial charge >= 0.3 is 0 Å². The first-order chi connectivity index (χ1) is 15.9. The molecule has 0 bridgehead atoms. The third-order valence-corrected chi connectivity index (χ3v) is 5.55. The summed E-state index contributed by atoms with van der Waals surface area (Å²) in [6.07, 6.45) is 0. The van der Waals surface area contributed by atoms with Gasteiger partial charge in [0, 0.05) is 17.0 Å². The van der Waals surface area contributed by atoms with E-state index in [-0.39, 0.29) is 5.82 Å². The molecule has 3 heterocycles. The molecule has 0 atom stereocenters. The minimum atomic E-state index is -0.281. The van der Waals surface area contributed by atoms with Gasteiger partial charge in [0.15, 0.2) is 11.6 Å². The SMILES string of the molecule is Cc1cc(C)c2nc(-n3nc(C)cc3Nc3ccc(-c4ccc(F)cc4)nn3)cc(C)c2c1. The largest absolute Gasteiger partial charge is 0.323 e. The van der Waals surface area contributed by atoms with Crippen LogP contribution in [0.2, 0.25) is 0 Å². The average molecular weight is 439 g/mol. The van der Waals surface area contributed by atoms with E-state index in [1.165, 1.54) is 17.7 Å². The van der Waals surface area contributed by atoms with Crippen LogP contribution in [0.3, 0.4) is 0 Å². The van der Waals surface area contributed by atoms with Crippen LogP contribution in [0.15, 0.2) is 60.7 Å². The number of aromatic nitrogens is 5. The van der Waals surface area contributed by atoms with E-state index >= 15 is 0 Å². The molecule has 0 unspecified atom stereocenters. The summed E-state index contributed by atoms with van der Waals surface area (Å²) in [5.41, 5.74) is 6.80. The van der Waals surface area contributed by atoms with Gasteiger partial charge in [-0.2, -0.15) is 9.78 Å². The Bertz CT molecular complexity index is 1470. The van der Waals surface area contributed by atoms with Crippen LogP contribution >= 0.6 is 0 Å². The van der Waals surface area contributed by atoms with E-state index in [4.69, 9.17) is 4.98 Å². The third kappa shape index (κ3) is 4.05. The topological polar surface area (TPSA) is 68.5 Å². The Morgan fingerprint density at radius 3 is 2.33 bits per heavy atom. The number of rotatable bonds is 4. The lowest BCUT2D eigenvalue weighted by Crippen LogP contribution is -2.07.